The molecule has 9 heteroatoms. The van der Waals surface area contributed by atoms with E-state index >= 15 is 0 Å². The van der Waals surface area contributed by atoms with Crippen LogP contribution in [0.2, 0.25) is 0 Å². The number of nitrogens with two attached hydrogens (primary N) is 1. The van der Waals surface area contributed by atoms with E-state index in [0.29, 0.717) is 17.4 Å². The minimum Gasteiger partial charge on any atom is -0.461 e. The van der Waals surface area contributed by atoms with Crippen molar-refractivity contribution in [3.05, 3.63) is 53.7 Å². The minimum absolute atomic E-state index is 0.0260. The SMILES string of the molecule is COC1CCC(NC(=O)c2nc(N[C@H]3CCCC[C@H]3N=C(N)c3ccco3)c3cc(C)ccc3n2)CC1. The van der Waals surface area contributed by atoms with Gasteiger partial charge in [0.05, 0.1) is 23.9 Å². The van der Waals surface area contributed by atoms with E-state index in [1.165, 1.54) is 0 Å². The van der Waals surface area contributed by atoms with Crippen molar-refractivity contribution in [2.75, 3.05) is 12.4 Å². The van der Waals surface area contributed by atoms with E-state index in [1.54, 1.807) is 19.4 Å². The monoisotopic (exact) mass is 504 g/mol. The Bertz CT molecular complexity index is 1250. The number of carbonyl (C=O) groups is 1. The molecule has 3 aromatic rings. The maximum absolute atomic E-state index is 13.2. The Hall–Kier alpha value is -3.46. The third-order valence-corrected chi connectivity index (χ3v) is 7.53. The number of nitrogens with zero attached hydrogens (tertiary/aromatic N) is 3. The number of furan rings is 1. The van der Waals surface area contributed by atoms with Crippen LogP contribution in [0, 0.1) is 6.92 Å². The van der Waals surface area contributed by atoms with Crippen molar-refractivity contribution in [3.63, 3.8) is 0 Å². The first kappa shape index (κ1) is 25.2. The summed E-state index contributed by atoms with van der Waals surface area (Å²) < 4.78 is 10.9. The number of nitrogens with one attached hydrogen (secondary N) is 2. The number of rotatable bonds is 7. The molecule has 2 heterocycles. The van der Waals surface area contributed by atoms with Gasteiger partial charge in [0.1, 0.15) is 5.82 Å². The summed E-state index contributed by atoms with van der Waals surface area (Å²) in [4.78, 5) is 27.4. The Balaban J connectivity index is 1.40. The Kier molecular flexibility index (Phi) is 7.69. The lowest BCUT2D eigenvalue weighted by Gasteiger charge is -2.30. The van der Waals surface area contributed by atoms with Gasteiger partial charge < -0.3 is 25.5 Å². The lowest BCUT2D eigenvalue weighted by molar-refractivity contribution is 0.0597. The van der Waals surface area contributed by atoms with E-state index in [-0.39, 0.29) is 36.0 Å². The van der Waals surface area contributed by atoms with Crippen LogP contribution in [0.5, 0.6) is 0 Å². The largest absolute Gasteiger partial charge is 0.461 e. The second kappa shape index (κ2) is 11.3. The average Bonchev–Trinajstić information content (AvgIpc) is 3.46. The van der Waals surface area contributed by atoms with Crippen LogP contribution in [0.1, 0.15) is 73.3 Å². The molecule has 1 amide bonds. The molecule has 2 aliphatic carbocycles. The number of fused-ring (bicyclic) bond motifs is 1. The summed E-state index contributed by atoms with van der Waals surface area (Å²) in [7, 11) is 1.75. The summed E-state index contributed by atoms with van der Waals surface area (Å²) in [5.74, 6) is 1.57. The second-order valence-electron chi connectivity index (χ2n) is 10.2. The fraction of sp³-hybridized carbons (Fsp3) is 0.500. The van der Waals surface area contributed by atoms with Gasteiger partial charge in [-0.2, -0.15) is 0 Å². The van der Waals surface area contributed by atoms with E-state index in [1.807, 2.05) is 25.1 Å². The fourth-order valence-electron chi connectivity index (χ4n) is 5.42. The molecule has 2 aromatic heterocycles. The molecule has 0 unspecified atom stereocenters. The molecule has 2 atom stereocenters. The lowest BCUT2D eigenvalue weighted by Crippen LogP contribution is -2.40. The fourth-order valence-corrected chi connectivity index (χ4v) is 5.42. The molecule has 9 nitrogen and oxygen atoms in total. The van der Waals surface area contributed by atoms with Crippen molar-refractivity contribution in [2.24, 2.45) is 10.7 Å². The van der Waals surface area contributed by atoms with Gasteiger partial charge in [0, 0.05) is 24.6 Å². The first-order valence-corrected chi connectivity index (χ1v) is 13.3. The van der Waals surface area contributed by atoms with E-state index in [2.05, 4.69) is 21.7 Å². The highest BCUT2D eigenvalue weighted by atomic mass is 16.5. The summed E-state index contributed by atoms with van der Waals surface area (Å²) in [6, 6.07) is 9.74. The Morgan fingerprint density at radius 3 is 2.68 bits per heavy atom. The number of anilines is 1. The quantitative estimate of drug-likeness (QED) is 0.322. The molecule has 2 fully saturated rings. The normalized spacial score (nSPS) is 24.6. The highest BCUT2D eigenvalue weighted by Crippen LogP contribution is 2.29. The molecule has 0 spiro atoms. The van der Waals surface area contributed by atoms with Crippen molar-refractivity contribution in [2.45, 2.75) is 82.5 Å². The number of amides is 1. The summed E-state index contributed by atoms with van der Waals surface area (Å²) in [6.45, 7) is 2.04. The van der Waals surface area contributed by atoms with Gasteiger partial charge >= 0.3 is 0 Å². The van der Waals surface area contributed by atoms with Gasteiger partial charge in [-0.1, -0.05) is 24.5 Å². The lowest BCUT2D eigenvalue weighted by atomic mass is 9.90. The zero-order chi connectivity index (χ0) is 25.8. The van der Waals surface area contributed by atoms with Gasteiger partial charge in [0.25, 0.3) is 5.91 Å². The van der Waals surface area contributed by atoms with Crippen molar-refractivity contribution < 1.29 is 13.9 Å². The number of methoxy groups -OCH3 is 1. The molecule has 0 aliphatic heterocycles. The van der Waals surface area contributed by atoms with Crippen LogP contribution < -0.4 is 16.4 Å². The molecular weight excluding hydrogens is 468 g/mol. The van der Waals surface area contributed by atoms with Gasteiger partial charge in [0.15, 0.2) is 11.6 Å². The van der Waals surface area contributed by atoms with Crippen LogP contribution in [0.4, 0.5) is 5.82 Å². The number of hydrogen-bond acceptors (Lipinski definition) is 7. The first-order chi connectivity index (χ1) is 18.0. The van der Waals surface area contributed by atoms with Crippen LogP contribution in [-0.2, 0) is 4.74 Å². The number of carbonyl (C=O) groups excluding carboxylic acids is 1. The van der Waals surface area contributed by atoms with Gasteiger partial charge in [-0.3, -0.25) is 9.79 Å². The molecule has 4 N–H and O–H groups in total. The van der Waals surface area contributed by atoms with Crippen molar-refractivity contribution in [3.8, 4) is 0 Å². The Labute approximate surface area is 217 Å². The van der Waals surface area contributed by atoms with E-state index in [4.69, 9.17) is 24.9 Å². The number of ether oxygens (including phenoxy) is 1. The number of amidine groups is 1. The Morgan fingerprint density at radius 2 is 1.92 bits per heavy atom. The number of aromatic nitrogens is 2. The van der Waals surface area contributed by atoms with E-state index < -0.39 is 0 Å². The second-order valence-corrected chi connectivity index (χ2v) is 10.2. The smallest absolute Gasteiger partial charge is 0.289 e. The van der Waals surface area contributed by atoms with Crippen LogP contribution in [-0.4, -0.2) is 53.1 Å². The molecule has 1 aromatic carbocycles. The summed E-state index contributed by atoms with van der Waals surface area (Å²) >= 11 is 0. The first-order valence-electron chi connectivity index (χ1n) is 13.3. The number of aryl methyl sites for hydroxylation is 1. The molecule has 2 aliphatic rings. The van der Waals surface area contributed by atoms with Crippen molar-refractivity contribution in [1.82, 2.24) is 15.3 Å². The molecular formula is C28H36N6O3. The molecule has 0 radical (unpaired) electrons. The van der Waals surface area contributed by atoms with E-state index in [0.717, 1.165) is 67.8 Å². The van der Waals surface area contributed by atoms with E-state index in [9.17, 15) is 4.79 Å². The number of aliphatic imine (C=N–C) groups is 1. The Morgan fingerprint density at radius 1 is 1.11 bits per heavy atom. The molecule has 37 heavy (non-hydrogen) atoms. The van der Waals surface area contributed by atoms with Crippen LogP contribution in [0.15, 0.2) is 46.0 Å². The van der Waals surface area contributed by atoms with Gasteiger partial charge in [-0.05, 0) is 69.7 Å². The maximum Gasteiger partial charge on any atom is 0.289 e. The van der Waals surface area contributed by atoms with Crippen LogP contribution in [0.3, 0.4) is 0 Å². The standard InChI is InChI=1S/C28H36N6O3/c1-17-9-14-21-20(16-17)26(34-27(32-21)28(35)30-18-10-12-19(36-2)13-11-18)33-23-7-4-3-6-22(23)31-25(29)24-8-5-15-37-24/h5,8-9,14-16,18-19,22-23H,3-4,6-7,10-13H2,1-2H3,(H2,29,31)(H,30,35)(H,32,33,34)/t18?,19?,22-,23+/m1/s1. The summed E-state index contributed by atoms with van der Waals surface area (Å²) in [5, 5.41) is 7.66. The number of benzene rings is 1. The summed E-state index contributed by atoms with van der Waals surface area (Å²) in [6.07, 6.45) is 9.55. The van der Waals surface area contributed by atoms with Crippen LogP contribution in [0.25, 0.3) is 10.9 Å². The van der Waals surface area contributed by atoms with Gasteiger partial charge in [-0.25, -0.2) is 9.97 Å². The van der Waals surface area contributed by atoms with Crippen LogP contribution >= 0.6 is 0 Å². The minimum atomic E-state index is -0.244. The molecule has 0 saturated heterocycles. The third kappa shape index (κ3) is 5.93. The third-order valence-electron chi connectivity index (χ3n) is 7.53. The van der Waals surface area contributed by atoms with Crippen molar-refractivity contribution >= 4 is 28.5 Å². The molecule has 2 saturated carbocycles. The highest BCUT2D eigenvalue weighted by Gasteiger charge is 2.28. The highest BCUT2D eigenvalue weighted by molar-refractivity contribution is 5.97. The molecule has 0 bridgehead atoms. The average molecular weight is 505 g/mol. The molecule has 5 rings (SSSR count). The maximum atomic E-state index is 13.2. The van der Waals surface area contributed by atoms with Gasteiger partial charge in [-0.15, -0.1) is 0 Å². The predicted octanol–water partition coefficient (Wildman–Crippen LogP) is 4.35. The predicted molar refractivity (Wildman–Crippen MR) is 144 cm³/mol. The van der Waals surface area contributed by atoms with Gasteiger partial charge in [0.2, 0.25) is 5.82 Å². The topological polar surface area (TPSA) is 128 Å². The number of hydrogen-bond donors (Lipinski definition) is 3. The zero-order valence-corrected chi connectivity index (χ0v) is 21.6. The molecule has 196 valence electrons. The summed E-state index contributed by atoms with van der Waals surface area (Å²) in [5.41, 5.74) is 8.09. The van der Waals surface area contributed by atoms with Crippen molar-refractivity contribution in [1.29, 1.82) is 0 Å². The zero-order valence-electron chi connectivity index (χ0n) is 21.6.